The fraction of sp³-hybridized carbons (Fsp3) is 0.409. The maximum Gasteiger partial charge on any atom is 0.255 e. The SMILES string of the molecule is CN(C)[C@@H]1C(=O)C(C(N)=O)=C(O)[C@@]2(O)C(=O)C3=C(O)c4c(O)c(CN)cc(Cl)c4C[C@H]3C[C@@H]12. The van der Waals surface area contributed by atoms with Gasteiger partial charge in [0.1, 0.15) is 22.8 Å². The molecule has 4 atom stereocenters. The van der Waals surface area contributed by atoms with Crippen LogP contribution in [0.1, 0.15) is 23.1 Å². The molecule has 3 aliphatic rings. The highest BCUT2D eigenvalue weighted by atomic mass is 35.5. The fourth-order valence-corrected chi connectivity index (χ4v) is 5.78. The second-order valence-corrected chi connectivity index (χ2v) is 9.29. The number of likely N-dealkylation sites (N-methyl/N-ethyl adjacent to an activating group) is 1. The van der Waals surface area contributed by atoms with Crippen LogP contribution < -0.4 is 11.5 Å². The van der Waals surface area contributed by atoms with Gasteiger partial charge in [-0.2, -0.15) is 0 Å². The van der Waals surface area contributed by atoms with E-state index >= 15 is 0 Å². The van der Waals surface area contributed by atoms with E-state index in [0.29, 0.717) is 5.56 Å². The van der Waals surface area contributed by atoms with E-state index in [9.17, 15) is 34.8 Å². The minimum Gasteiger partial charge on any atom is -0.508 e. The molecule has 1 saturated carbocycles. The molecular formula is C22H24ClN3O7. The summed E-state index contributed by atoms with van der Waals surface area (Å²) < 4.78 is 0. The van der Waals surface area contributed by atoms with Gasteiger partial charge in [-0.15, -0.1) is 0 Å². The number of primary amides is 1. The molecule has 3 aliphatic carbocycles. The number of hydrogen-bond acceptors (Lipinski definition) is 9. The first kappa shape index (κ1) is 23.2. The van der Waals surface area contributed by atoms with Crippen LogP contribution in [0.2, 0.25) is 5.02 Å². The molecule has 0 radical (unpaired) electrons. The third-order valence-corrected chi connectivity index (χ3v) is 7.30. The minimum atomic E-state index is -2.67. The average molecular weight is 478 g/mol. The van der Waals surface area contributed by atoms with Gasteiger partial charge in [-0.05, 0) is 44.5 Å². The molecule has 0 aromatic heterocycles. The van der Waals surface area contributed by atoms with Crippen LogP contribution in [0.15, 0.2) is 23.0 Å². The Morgan fingerprint density at radius 3 is 2.45 bits per heavy atom. The summed E-state index contributed by atoms with van der Waals surface area (Å²) in [6, 6.07) is 0.348. The molecule has 33 heavy (non-hydrogen) atoms. The average Bonchev–Trinajstić information content (AvgIpc) is 2.72. The van der Waals surface area contributed by atoms with E-state index in [0.717, 1.165) is 0 Å². The quantitative estimate of drug-likeness (QED) is 0.327. The molecule has 0 spiro atoms. The van der Waals surface area contributed by atoms with Gasteiger partial charge in [0.25, 0.3) is 5.91 Å². The second-order valence-electron chi connectivity index (χ2n) is 8.89. The number of aromatic hydroxyl groups is 1. The lowest BCUT2D eigenvalue weighted by atomic mass is 9.57. The largest absolute Gasteiger partial charge is 0.508 e. The number of amides is 1. The molecule has 11 heteroatoms. The lowest BCUT2D eigenvalue weighted by Gasteiger charge is -2.50. The van der Waals surface area contributed by atoms with E-state index in [1.807, 2.05) is 0 Å². The third-order valence-electron chi connectivity index (χ3n) is 6.97. The first-order chi connectivity index (χ1) is 15.4. The summed E-state index contributed by atoms with van der Waals surface area (Å²) in [4.78, 5) is 40.1. The zero-order valence-electron chi connectivity index (χ0n) is 17.9. The second kappa shape index (κ2) is 7.56. The number of benzene rings is 1. The molecule has 176 valence electrons. The van der Waals surface area contributed by atoms with E-state index in [1.165, 1.54) is 25.1 Å². The van der Waals surface area contributed by atoms with Gasteiger partial charge >= 0.3 is 0 Å². The van der Waals surface area contributed by atoms with Crippen LogP contribution in [0.3, 0.4) is 0 Å². The van der Waals surface area contributed by atoms with Crippen molar-refractivity contribution >= 4 is 34.8 Å². The molecule has 0 saturated heterocycles. The predicted octanol–water partition coefficient (Wildman–Crippen LogP) is 0.0761. The molecule has 10 nitrogen and oxygen atoms in total. The van der Waals surface area contributed by atoms with Crippen molar-refractivity contribution in [2.45, 2.75) is 31.0 Å². The molecule has 8 N–H and O–H groups in total. The number of nitrogens with two attached hydrogens (primary N) is 2. The molecule has 1 aromatic rings. The number of phenolic OH excluding ortho intramolecular Hbond substituents is 1. The molecule has 0 bridgehead atoms. The molecule has 4 rings (SSSR count). The summed E-state index contributed by atoms with van der Waals surface area (Å²) in [6.07, 6.45) is 0.132. The van der Waals surface area contributed by atoms with Crippen LogP contribution in [0, 0.1) is 11.8 Å². The van der Waals surface area contributed by atoms with Crippen molar-refractivity contribution in [3.63, 3.8) is 0 Å². The van der Waals surface area contributed by atoms with Crippen molar-refractivity contribution in [2.24, 2.45) is 23.3 Å². The first-order valence-electron chi connectivity index (χ1n) is 10.3. The number of Topliss-reactive ketones (excluding diaryl/α,β-unsaturated/α-hetero) is 2. The van der Waals surface area contributed by atoms with Gasteiger partial charge in [-0.1, -0.05) is 11.6 Å². The van der Waals surface area contributed by atoms with Gasteiger partial charge in [0, 0.05) is 28.6 Å². The summed E-state index contributed by atoms with van der Waals surface area (Å²) in [5.74, 6) is -7.03. The Labute approximate surface area is 193 Å². The number of phenols is 1. The predicted molar refractivity (Wildman–Crippen MR) is 117 cm³/mol. The van der Waals surface area contributed by atoms with Crippen molar-refractivity contribution in [3.05, 3.63) is 44.7 Å². The number of fused-ring (bicyclic) bond motifs is 3. The first-order valence-corrected chi connectivity index (χ1v) is 10.6. The molecule has 1 aromatic carbocycles. The highest BCUT2D eigenvalue weighted by Crippen LogP contribution is 2.53. The van der Waals surface area contributed by atoms with E-state index in [1.54, 1.807) is 0 Å². The van der Waals surface area contributed by atoms with Crippen molar-refractivity contribution in [2.75, 3.05) is 14.1 Å². The van der Waals surface area contributed by atoms with Gasteiger partial charge < -0.3 is 31.9 Å². The van der Waals surface area contributed by atoms with E-state index in [2.05, 4.69) is 0 Å². The fourth-order valence-electron chi connectivity index (χ4n) is 5.47. The van der Waals surface area contributed by atoms with Crippen LogP contribution in [-0.2, 0) is 27.3 Å². The highest BCUT2D eigenvalue weighted by Gasteiger charge is 2.64. The Bertz CT molecular complexity index is 1190. The third kappa shape index (κ3) is 2.95. The van der Waals surface area contributed by atoms with Crippen molar-refractivity contribution in [1.29, 1.82) is 0 Å². The Morgan fingerprint density at radius 1 is 1.27 bits per heavy atom. The number of ketones is 2. The van der Waals surface area contributed by atoms with Crippen molar-refractivity contribution in [3.8, 4) is 5.75 Å². The normalized spacial score (nSPS) is 29.2. The minimum absolute atomic E-state index is 0.00148. The maximum absolute atomic E-state index is 13.7. The maximum atomic E-state index is 13.7. The van der Waals surface area contributed by atoms with Crippen LogP contribution >= 0.6 is 11.6 Å². The highest BCUT2D eigenvalue weighted by molar-refractivity contribution is 6.32. The lowest BCUT2D eigenvalue weighted by molar-refractivity contribution is -0.153. The summed E-state index contributed by atoms with van der Waals surface area (Å²) in [6.45, 7) is -0.0804. The summed E-state index contributed by atoms with van der Waals surface area (Å²) >= 11 is 6.38. The Kier molecular flexibility index (Phi) is 5.32. The Hall–Kier alpha value is -2.92. The number of aliphatic hydroxyl groups is 3. The molecule has 1 amide bonds. The monoisotopic (exact) mass is 477 g/mol. The van der Waals surface area contributed by atoms with E-state index in [4.69, 9.17) is 23.1 Å². The summed E-state index contributed by atoms with van der Waals surface area (Å²) in [5.41, 5.74) is 7.75. The number of nitrogens with zero attached hydrogens (tertiary/aromatic N) is 1. The molecular weight excluding hydrogens is 454 g/mol. The number of hydrogen-bond donors (Lipinski definition) is 6. The number of carbonyl (C=O) groups is 3. The number of halogens is 1. The standard InChI is InChI=1S/C22H24ClN3O7/c1-26(2)15-10-4-7-3-9-11(23)5-8(6-24)16(27)13(9)17(28)12(7)19(30)22(10,33)20(31)14(18(15)29)21(25)32/h5,7,10,15,27-28,31,33H,3-4,6,24H2,1-2H3,(H2,25,32)/t7-,10-,15-,22-/m0/s1. The van der Waals surface area contributed by atoms with Gasteiger partial charge in [-0.3, -0.25) is 19.3 Å². The van der Waals surface area contributed by atoms with E-state index in [-0.39, 0.29) is 46.9 Å². The van der Waals surface area contributed by atoms with Crippen LogP contribution in [0.4, 0.5) is 0 Å². The smallest absolute Gasteiger partial charge is 0.255 e. The van der Waals surface area contributed by atoms with Crippen LogP contribution in [-0.4, -0.2) is 68.5 Å². The summed E-state index contributed by atoms with van der Waals surface area (Å²) in [5, 5.41) is 44.2. The molecule has 0 unspecified atom stereocenters. The van der Waals surface area contributed by atoms with Crippen LogP contribution in [0.5, 0.6) is 5.75 Å². The zero-order valence-corrected chi connectivity index (χ0v) is 18.7. The van der Waals surface area contributed by atoms with Crippen LogP contribution in [0.25, 0.3) is 5.76 Å². The van der Waals surface area contributed by atoms with Crippen molar-refractivity contribution < 1.29 is 34.8 Å². The zero-order chi connectivity index (χ0) is 24.6. The van der Waals surface area contributed by atoms with E-state index < -0.39 is 58.0 Å². The molecule has 1 fully saturated rings. The topological polar surface area (TPSA) is 187 Å². The molecule has 0 aliphatic heterocycles. The van der Waals surface area contributed by atoms with Crippen molar-refractivity contribution in [1.82, 2.24) is 4.90 Å². The molecule has 0 heterocycles. The Morgan fingerprint density at radius 2 is 1.91 bits per heavy atom. The van der Waals surface area contributed by atoms with Gasteiger partial charge in [0.2, 0.25) is 5.78 Å². The van der Waals surface area contributed by atoms with Gasteiger partial charge in [-0.25, -0.2) is 0 Å². The number of carbonyl (C=O) groups excluding carboxylic acids is 3. The van der Waals surface area contributed by atoms with Gasteiger partial charge in [0.05, 0.1) is 11.6 Å². The lowest BCUT2D eigenvalue weighted by Crippen LogP contribution is -2.65. The number of rotatable bonds is 3. The number of aliphatic hydroxyl groups excluding tert-OH is 2. The summed E-state index contributed by atoms with van der Waals surface area (Å²) in [7, 11) is 3.08. The Balaban J connectivity index is 2.00. The van der Waals surface area contributed by atoms with Gasteiger partial charge in [0.15, 0.2) is 11.4 Å².